The number of hydrogen-bond donors (Lipinski definition) is 2. The van der Waals surface area contributed by atoms with Gasteiger partial charge in [-0.1, -0.05) is 18.5 Å². The average Bonchev–Trinajstić information content (AvgIpc) is 2.38. The van der Waals surface area contributed by atoms with Crippen molar-refractivity contribution in [3.8, 4) is 0 Å². The van der Waals surface area contributed by atoms with Crippen molar-refractivity contribution in [2.24, 2.45) is 0 Å². The molecule has 7 heteroatoms. The van der Waals surface area contributed by atoms with E-state index in [-0.39, 0.29) is 4.90 Å². The third-order valence-corrected chi connectivity index (χ3v) is 4.43. The molecule has 0 atom stereocenters. The molecule has 0 radical (unpaired) electrons. The SMILES string of the molecule is CCCNCCNC(=O)CS(=O)(=O)c1ccc(Cl)cc1. The fourth-order valence-corrected chi connectivity index (χ4v) is 2.83. The Kier molecular flexibility index (Phi) is 6.98. The van der Waals surface area contributed by atoms with E-state index in [9.17, 15) is 13.2 Å². The molecule has 20 heavy (non-hydrogen) atoms. The topological polar surface area (TPSA) is 75.3 Å². The normalized spacial score (nSPS) is 11.3. The van der Waals surface area contributed by atoms with Crippen LogP contribution in [0.5, 0.6) is 0 Å². The van der Waals surface area contributed by atoms with Crippen molar-refractivity contribution < 1.29 is 13.2 Å². The summed E-state index contributed by atoms with van der Waals surface area (Å²) in [5.74, 6) is -1.05. The highest BCUT2D eigenvalue weighted by Gasteiger charge is 2.18. The van der Waals surface area contributed by atoms with Crippen molar-refractivity contribution in [2.45, 2.75) is 18.2 Å². The van der Waals surface area contributed by atoms with E-state index in [4.69, 9.17) is 11.6 Å². The molecule has 0 spiro atoms. The molecule has 0 aliphatic heterocycles. The highest BCUT2D eigenvalue weighted by molar-refractivity contribution is 7.92. The molecule has 0 aliphatic rings. The van der Waals surface area contributed by atoms with Gasteiger partial charge >= 0.3 is 0 Å². The molecule has 1 rings (SSSR count). The van der Waals surface area contributed by atoms with Gasteiger partial charge in [-0.2, -0.15) is 0 Å². The van der Waals surface area contributed by atoms with Gasteiger partial charge in [-0.25, -0.2) is 8.42 Å². The zero-order valence-corrected chi connectivity index (χ0v) is 12.9. The first-order valence-corrected chi connectivity index (χ1v) is 8.44. The number of sulfone groups is 1. The van der Waals surface area contributed by atoms with Crippen LogP contribution >= 0.6 is 11.6 Å². The van der Waals surface area contributed by atoms with Gasteiger partial charge < -0.3 is 10.6 Å². The molecule has 0 fully saturated rings. The maximum atomic E-state index is 12.0. The van der Waals surface area contributed by atoms with Gasteiger partial charge in [0.2, 0.25) is 5.91 Å². The molecule has 5 nitrogen and oxygen atoms in total. The molecule has 0 aromatic heterocycles. The van der Waals surface area contributed by atoms with Gasteiger partial charge in [-0.15, -0.1) is 0 Å². The Morgan fingerprint density at radius 3 is 2.40 bits per heavy atom. The Labute approximate surface area is 124 Å². The summed E-state index contributed by atoms with van der Waals surface area (Å²) < 4.78 is 23.9. The molecule has 1 aromatic carbocycles. The van der Waals surface area contributed by atoms with E-state index >= 15 is 0 Å². The Balaban J connectivity index is 2.46. The van der Waals surface area contributed by atoms with E-state index < -0.39 is 21.5 Å². The molecule has 0 bridgehead atoms. The van der Waals surface area contributed by atoms with Gasteiger partial charge in [0.25, 0.3) is 0 Å². The lowest BCUT2D eigenvalue weighted by molar-refractivity contribution is -0.118. The van der Waals surface area contributed by atoms with E-state index in [0.29, 0.717) is 18.1 Å². The Hall–Kier alpha value is -1.11. The smallest absolute Gasteiger partial charge is 0.235 e. The van der Waals surface area contributed by atoms with Gasteiger partial charge in [0.1, 0.15) is 5.75 Å². The van der Waals surface area contributed by atoms with Gasteiger partial charge in [0, 0.05) is 18.1 Å². The molecule has 1 aromatic rings. The Morgan fingerprint density at radius 2 is 1.80 bits per heavy atom. The van der Waals surface area contributed by atoms with Crippen molar-refractivity contribution in [1.82, 2.24) is 10.6 Å². The fourth-order valence-electron chi connectivity index (χ4n) is 1.54. The van der Waals surface area contributed by atoms with Crippen molar-refractivity contribution in [3.05, 3.63) is 29.3 Å². The summed E-state index contributed by atoms with van der Waals surface area (Å²) in [5, 5.41) is 6.14. The first-order chi connectivity index (χ1) is 9.45. The van der Waals surface area contributed by atoms with Gasteiger partial charge in [-0.3, -0.25) is 4.79 Å². The highest BCUT2D eigenvalue weighted by Crippen LogP contribution is 2.15. The van der Waals surface area contributed by atoms with Crippen LogP contribution in [0, 0.1) is 0 Å². The first-order valence-electron chi connectivity index (χ1n) is 6.41. The molecule has 0 saturated heterocycles. The quantitative estimate of drug-likeness (QED) is 0.707. The van der Waals surface area contributed by atoms with E-state index in [0.717, 1.165) is 13.0 Å². The molecule has 1 amide bonds. The van der Waals surface area contributed by atoms with Crippen LogP contribution in [0.15, 0.2) is 29.2 Å². The van der Waals surface area contributed by atoms with Crippen LogP contribution in [0.2, 0.25) is 5.02 Å². The van der Waals surface area contributed by atoms with E-state index in [1.165, 1.54) is 24.3 Å². The predicted molar refractivity (Wildman–Crippen MR) is 79.7 cm³/mol. The lowest BCUT2D eigenvalue weighted by Gasteiger charge is -2.07. The third-order valence-electron chi connectivity index (χ3n) is 2.54. The number of amides is 1. The molecular formula is C13H19ClN2O3S. The molecular weight excluding hydrogens is 300 g/mol. The maximum Gasteiger partial charge on any atom is 0.235 e. The average molecular weight is 319 g/mol. The van der Waals surface area contributed by atoms with Crippen LogP contribution in [0.4, 0.5) is 0 Å². The first kappa shape index (κ1) is 16.9. The van der Waals surface area contributed by atoms with Crippen LogP contribution in [-0.4, -0.2) is 39.7 Å². The number of hydrogen-bond acceptors (Lipinski definition) is 4. The lowest BCUT2D eigenvalue weighted by Crippen LogP contribution is -2.35. The Bertz CT molecular complexity index is 529. The molecule has 0 heterocycles. The zero-order chi connectivity index (χ0) is 15.0. The zero-order valence-electron chi connectivity index (χ0n) is 11.4. The van der Waals surface area contributed by atoms with Crippen molar-refractivity contribution >= 4 is 27.3 Å². The Morgan fingerprint density at radius 1 is 1.15 bits per heavy atom. The van der Waals surface area contributed by atoms with Gasteiger partial charge in [0.05, 0.1) is 4.90 Å². The second kappa shape index (κ2) is 8.24. The highest BCUT2D eigenvalue weighted by atomic mass is 35.5. The number of rotatable bonds is 8. The summed E-state index contributed by atoms with van der Waals surface area (Å²) in [6.45, 7) is 3.96. The molecule has 112 valence electrons. The minimum atomic E-state index is -3.61. The lowest BCUT2D eigenvalue weighted by atomic mass is 10.4. The van der Waals surface area contributed by atoms with Crippen LogP contribution < -0.4 is 10.6 Å². The fraction of sp³-hybridized carbons (Fsp3) is 0.462. The monoisotopic (exact) mass is 318 g/mol. The van der Waals surface area contributed by atoms with E-state index in [1.54, 1.807) is 0 Å². The minimum Gasteiger partial charge on any atom is -0.354 e. The summed E-state index contributed by atoms with van der Waals surface area (Å²) in [5.41, 5.74) is 0. The van der Waals surface area contributed by atoms with Crippen molar-refractivity contribution in [2.75, 3.05) is 25.4 Å². The standard InChI is InChI=1S/C13H19ClN2O3S/c1-2-7-15-8-9-16-13(17)10-20(18,19)12-5-3-11(14)4-6-12/h3-6,15H,2,7-10H2,1H3,(H,16,17). The van der Waals surface area contributed by atoms with Gasteiger partial charge in [-0.05, 0) is 37.2 Å². The second-order valence-corrected chi connectivity index (χ2v) is 6.74. The summed E-state index contributed by atoms with van der Waals surface area (Å²) in [6, 6.07) is 5.77. The van der Waals surface area contributed by atoms with Gasteiger partial charge in [0.15, 0.2) is 9.84 Å². The largest absolute Gasteiger partial charge is 0.354 e. The summed E-state index contributed by atoms with van der Waals surface area (Å²) in [7, 11) is -3.61. The number of halogens is 1. The van der Waals surface area contributed by atoms with Crippen LogP contribution in [0.25, 0.3) is 0 Å². The second-order valence-electron chi connectivity index (χ2n) is 4.31. The number of carbonyl (C=O) groups excluding carboxylic acids is 1. The van der Waals surface area contributed by atoms with E-state index in [1.807, 2.05) is 6.92 Å². The molecule has 0 unspecified atom stereocenters. The maximum absolute atomic E-state index is 12.0. The van der Waals surface area contributed by atoms with Crippen LogP contribution in [0.3, 0.4) is 0 Å². The van der Waals surface area contributed by atoms with Crippen molar-refractivity contribution in [1.29, 1.82) is 0 Å². The van der Waals surface area contributed by atoms with E-state index in [2.05, 4.69) is 10.6 Å². The summed E-state index contributed by atoms with van der Waals surface area (Å²) >= 11 is 5.70. The minimum absolute atomic E-state index is 0.0983. The predicted octanol–water partition coefficient (Wildman–Crippen LogP) is 1.23. The number of nitrogens with one attached hydrogen (secondary N) is 2. The van der Waals surface area contributed by atoms with Crippen molar-refractivity contribution in [3.63, 3.8) is 0 Å². The third kappa shape index (κ3) is 5.90. The van der Waals surface area contributed by atoms with Crippen LogP contribution in [0.1, 0.15) is 13.3 Å². The molecule has 0 saturated carbocycles. The number of carbonyl (C=O) groups is 1. The van der Waals surface area contributed by atoms with Crippen LogP contribution in [-0.2, 0) is 14.6 Å². The summed E-state index contributed by atoms with van der Waals surface area (Å²) in [6.07, 6.45) is 1.01. The number of benzene rings is 1. The summed E-state index contributed by atoms with van der Waals surface area (Å²) in [4.78, 5) is 11.7. The molecule has 2 N–H and O–H groups in total. The molecule has 0 aliphatic carbocycles.